The number of sulfonamides is 1. The summed E-state index contributed by atoms with van der Waals surface area (Å²) in [6.07, 6.45) is 5.28. The van der Waals surface area contributed by atoms with Gasteiger partial charge in [0.1, 0.15) is 16.7 Å². The van der Waals surface area contributed by atoms with Crippen molar-refractivity contribution in [3.8, 4) is 5.75 Å². The van der Waals surface area contributed by atoms with Crippen LogP contribution in [0, 0.1) is 5.92 Å². The topological polar surface area (TPSA) is 70.1 Å². The second-order valence-electron chi connectivity index (χ2n) is 8.29. The first-order valence-corrected chi connectivity index (χ1v) is 11.5. The summed E-state index contributed by atoms with van der Waals surface area (Å²) in [4.78, 5) is 2.24. The molecule has 1 aromatic rings. The lowest BCUT2D eigenvalue weighted by molar-refractivity contribution is 0.0812. The Morgan fingerprint density at radius 1 is 1.36 bits per heavy atom. The van der Waals surface area contributed by atoms with E-state index >= 15 is 0 Å². The molecular weight excluding hydrogens is 376 g/mol. The number of allylic oxidation sites excluding steroid dienone is 2. The molecule has 1 N–H and O–H groups in total. The first-order chi connectivity index (χ1) is 13.2. The fraction of sp³-hybridized carbons (Fsp3) is 0.619. The van der Waals surface area contributed by atoms with Crippen LogP contribution >= 0.6 is 0 Å². The van der Waals surface area contributed by atoms with Gasteiger partial charge in [-0.15, -0.1) is 0 Å². The molecule has 0 saturated carbocycles. The Labute approximate surface area is 168 Å². The SMILES string of the molecule is C[C@@H]1CN([C@H](C)CO)S(=O)(=O)c2ccc(C3=CCCC3)cc2O[C@@H]1CN(C)C. The van der Waals surface area contributed by atoms with Crippen LogP contribution in [0.2, 0.25) is 0 Å². The van der Waals surface area contributed by atoms with Crippen LogP contribution < -0.4 is 4.74 Å². The van der Waals surface area contributed by atoms with Crippen molar-refractivity contribution in [3.05, 3.63) is 29.8 Å². The standard InChI is InChI=1S/C21H32N2O4S/c1-15-12-23(16(2)14-24)28(25,26)21-10-9-18(17-7-5-6-8-17)11-19(21)27-20(15)13-22(3)4/h7,9-11,15-16,20,24H,5-6,8,12-14H2,1-4H3/t15-,16-,20-/m1/s1. The van der Waals surface area contributed by atoms with Crippen LogP contribution in [0.1, 0.15) is 38.7 Å². The maximum atomic E-state index is 13.4. The number of aliphatic hydroxyl groups is 1. The smallest absolute Gasteiger partial charge is 0.247 e. The molecule has 0 aromatic heterocycles. The van der Waals surface area contributed by atoms with E-state index in [0.717, 1.165) is 24.8 Å². The Hall–Kier alpha value is -1.41. The normalized spacial score (nSPS) is 26.1. The summed E-state index contributed by atoms with van der Waals surface area (Å²) >= 11 is 0. The molecule has 7 heteroatoms. The molecule has 1 aromatic carbocycles. The molecule has 156 valence electrons. The van der Waals surface area contributed by atoms with Crippen molar-refractivity contribution in [2.24, 2.45) is 5.92 Å². The fourth-order valence-electron chi connectivity index (χ4n) is 3.94. The third-order valence-electron chi connectivity index (χ3n) is 5.62. The van der Waals surface area contributed by atoms with Gasteiger partial charge in [-0.05, 0) is 63.6 Å². The summed E-state index contributed by atoms with van der Waals surface area (Å²) in [6.45, 7) is 4.54. The highest BCUT2D eigenvalue weighted by Gasteiger charge is 2.38. The molecule has 3 atom stereocenters. The third-order valence-corrected chi connectivity index (χ3v) is 7.64. The predicted molar refractivity (Wildman–Crippen MR) is 111 cm³/mol. The first-order valence-electron chi connectivity index (χ1n) is 10.0. The molecule has 28 heavy (non-hydrogen) atoms. The summed E-state index contributed by atoms with van der Waals surface area (Å²) in [5.74, 6) is 0.396. The summed E-state index contributed by atoms with van der Waals surface area (Å²) in [5, 5.41) is 9.66. The second kappa shape index (κ2) is 8.53. The summed E-state index contributed by atoms with van der Waals surface area (Å²) < 4.78 is 34.5. The van der Waals surface area contributed by atoms with Crippen molar-refractivity contribution in [3.63, 3.8) is 0 Å². The van der Waals surface area contributed by atoms with Crippen molar-refractivity contribution < 1.29 is 18.3 Å². The van der Waals surface area contributed by atoms with E-state index < -0.39 is 16.1 Å². The molecule has 3 rings (SSSR count). The van der Waals surface area contributed by atoms with Gasteiger partial charge in [0, 0.05) is 25.0 Å². The zero-order valence-corrected chi connectivity index (χ0v) is 18.1. The average molecular weight is 409 g/mol. The molecule has 0 fully saturated rings. The number of likely N-dealkylation sites (N-methyl/N-ethyl adjacent to an activating group) is 1. The largest absolute Gasteiger partial charge is 0.487 e. The number of hydrogen-bond donors (Lipinski definition) is 1. The van der Waals surface area contributed by atoms with E-state index in [0.29, 0.717) is 18.8 Å². The second-order valence-corrected chi connectivity index (χ2v) is 10.1. The fourth-order valence-corrected chi connectivity index (χ4v) is 5.76. The lowest BCUT2D eigenvalue weighted by Crippen LogP contribution is -2.49. The number of nitrogens with zero attached hydrogens (tertiary/aromatic N) is 2. The minimum Gasteiger partial charge on any atom is -0.487 e. The molecule has 0 amide bonds. The maximum Gasteiger partial charge on any atom is 0.247 e. The van der Waals surface area contributed by atoms with E-state index in [1.54, 1.807) is 13.0 Å². The van der Waals surface area contributed by atoms with Crippen LogP contribution in [0.25, 0.3) is 5.57 Å². The van der Waals surface area contributed by atoms with Crippen molar-refractivity contribution >= 4 is 15.6 Å². The monoisotopic (exact) mass is 408 g/mol. The minimum atomic E-state index is -3.76. The Morgan fingerprint density at radius 2 is 2.11 bits per heavy atom. The molecule has 1 aliphatic heterocycles. The number of ether oxygens (including phenoxy) is 1. The van der Waals surface area contributed by atoms with Crippen LogP contribution in [-0.2, 0) is 10.0 Å². The van der Waals surface area contributed by atoms with Crippen LogP contribution in [0.3, 0.4) is 0 Å². The van der Waals surface area contributed by atoms with Crippen LogP contribution in [-0.4, -0.2) is 68.7 Å². The number of fused-ring (bicyclic) bond motifs is 1. The van der Waals surface area contributed by atoms with E-state index in [2.05, 4.69) is 11.0 Å². The van der Waals surface area contributed by atoms with Gasteiger partial charge < -0.3 is 14.7 Å². The third kappa shape index (κ3) is 4.27. The maximum absolute atomic E-state index is 13.4. The summed E-state index contributed by atoms with van der Waals surface area (Å²) in [5.41, 5.74) is 2.29. The van der Waals surface area contributed by atoms with Crippen molar-refractivity contribution in [1.82, 2.24) is 9.21 Å². The van der Waals surface area contributed by atoms with Gasteiger partial charge in [-0.1, -0.05) is 19.1 Å². The number of rotatable bonds is 5. The van der Waals surface area contributed by atoms with E-state index in [9.17, 15) is 13.5 Å². The van der Waals surface area contributed by atoms with E-state index in [-0.39, 0.29) is 23.5 Å². The van der Waals surface area contributed by atoms with Gasteiger partial charge in [-0.25, -0.2) is 8.42 Å². The molecule has 0 radical (unpaired) electrons. The van der Waals surface area contributed by atoms with Gasteiger partial charge in [0.2, 0.25) is 10.0 Å². The number of benzene rings is 1. The summed E-state index contributed by atoms with van der Waals surface area (Å²) in [6, 6.07) is 4.94. The quantitative estimate of drug-likeness (QED) is 0.811. The molecule has 1 aliphatic carbocycles. The molecule has 0 spiro atoms. The van der Waals surface area contributed by atoms with Crippen LogP contribution in [0.4, 0.5) is 0 Å². The first kappa shape index (κ1) is 21.3. The molecular formula is C21H32N2O4S. The minimum absolute atomic E-state index is 0.0197. The van der Waals surface area contributed by atoms with E-state index in [1.165, 1.54) is 9.88 Å². The Morgan fingerprint density at radius 3 is 2.71 bits per heavy atom. The average Bonchev–Trinajstić information content (AvgIpc) is 3.18. The molecule has 0 unspecified atom stereocenters. The zero-order valence-electron chi connectivity index (χ0n) is 17.3. The summed E-state index contributed by atoms with van der Waals surface area (Å²) in [7, 11) is 0.209. The van der Waals surface area contributed by atoms with Crippen LogP contribution in [0.5, 0.6) is 5.75 Å². The molecule has 2 aliphatic rings. The molecule has 6 nitrogen and oxygen atoms in total. The van der Waals surface area contributed by atoms with Gasteiger partial charge in [-0.3, -0.25) is 0 Å². The van der Waals surface area contributed by atoms with E-state index in [1.807, 2.05) is 33.2 Å². The molecule has 1 heterocycles. The van der Waals surface area contributed by atoms with Gasteiger partial charge in [-0.2, -0.15) is 4.31 Å². The Balaban J connectivity index is 2.11. The van der Waals surface area contributed by atoms with Gasteiger partial charge in [0.25, 0.3) is 0 Å². The van der Waals surface area contributed by atoms with Crippen molar-refractivity contribution in [2.45, 2.75) is 50.2 Å². The molecule has 0 saturated heterocycles. The van der Waals surface area contributed by atoms with Crippen molar-refractivity contribution in [2.75, 3.05) is 33.8 Å². The Bertz CT molecular complexity index is 835. The van der Waals surface area contributed by atoms with Gasteiger partial charge in [0.15, 0.2) is 0 Å². The van der Waals surface area contributed by atoms with Crippen LogP contribution in [0.15, 0.2) is 29.2 Å². The number of hydrogen-bond acceptors (Lipinski definition) is 5. The van der Waals surface area contributed by atoms with E-state index in [4.69, 9.17) is 4.74 Å². The highest BCUT2D eigenvalue weighted by molar-refractivity contribution is 7.89. The highest BCUT2D eigenvalue weighted by atomic mass is 32.2. The lowest BCUT2D eigenvalue weighted by atomic mass is 10.0. The highest BCUT2D eigenvalue weighted by Crippen LogP contribution is 2.37. The zero-order chi connectivity index (χ0) is 20.5. The predicted octanol–water partition coefficient (Wildman–Crippen LogP) is 2.58. The van der Waals surface area contributed by atoms with Gasteiger partial charge in [0.05, 0.1) is 6.61 Å². The molecule has 0 bridgehead atoms. The Kier molecular flexibility index (Phi) is 6.49. The van der Waals surface area contributed by atoms with Crippen molar-refractivity contribution in [1.29, 1.82) is 0 Å². The number of aliphatic hydroxyl groups excluding tert-OH is 1. The van der Waals surface area contributed by atoms with Gasteiger partial charge >= 0.3 is 0 Å². The lowest BCUT2D eigenvalue weighted by Gasteiger charge is -2.37.